The van der Waals surface area contributed by atoms with Crippen LogP contribution in [0.15, 0.2) is 53.1 Å². The second-order valence-corrected chi connectivity index (χ2v) is 3.09. The molecule has 0 aliphatic rings. The fraction of sp³-hybridized carbons (Fsp3) is 0.0833. The van der Waals surface area contributed by atoms with E-state index in [1.807, 2.05) is 30.3 Å². The number of hydrogen-bond donors (Lipinski definition) is 1. The molecule has 3 heteroatoms. The van der Waals surface area contributed by atoms with E-state index in [0.29, 0.717) is 5.76 Å². The first kappa shape index (κ1) is 9.35. The number of furan rings is 1. The molecule has 1 N–H and O–H groups in total. The maximum Gasteiger partial charge on any atom is 0.173 e. The summed E-state index contributed by atoms with van der Waals surface area (Å²) in [6.07, 6.45) is 1.56. The first-order chi connectivity index (χ1) is 7.40. The molecule has 0 bridgehead atoms. The Morgan fingerprint density at radius 3 is 2.53 bits per heavy atom. The first-order valence-corrected chi connectivity index (χ1v) is 4.65. The molecular weight excluding hydrogens is 188 g/mol. The standard InChI is InChI=1S/C12H10N2O/c13-9-11(12-7-4-8-15-12)14-10-5-2-1-3-6-10/h1-8,11,14H. The second kappa shape index (κ2) is 4.34. The summed E-state index contributed by atoms with van der Waals surface area (Å²) >= 11 is 0. The molecule has 1 aromatic heterocycles. The third-order valence-electron chi connectivity index (χ3n) is 2.04. The molecule has 1 heterocycles. The highest BCUT2D eigenvalue weighted by atomic mass is 16.3. The molecule has 0 amide bonds. The molecule has 74 valence electrons. The van der Waals surface area contributed by atoms with E-state index in [4.69, 9.17) is 9.68 Å². The number of nitrogens with zero attached hydrogens (tertiary/aromatic N) is 1. The minimum atomic E-state index is -0.442. The van der Waals surface area contributed by atoms with Crippen LogP contribution >= 0.6 is 0 Å². The molecule has 3 nitrogen and oxygen atoms in total. The lowest BCUT2D eigenvalue weighted by Gasteiger charge is -2.09. The molecule has 1 aromatic carbocycles. The molecule has 15 heavy (non-hydrogen) atoms. The number of nitriles is 1. The zero-order valence-electron chi connectivity index (χ0n) is 8.05. The maximum absolute atomic E-state index is 8.99. The Labute approximate surface area is 88.0 Å². The van der Waals surface area contributed by atoms with Crippen molar-refractivity contribution < 1.29 is 4.42 Å². The van der Waals surface area contributed by atoms with Gasteiger partial charge in [-0.3, -0.25) is 0 Å². The summed E-state index contributed by atoms with van der Waals surface area (Å²) in [6.45, 7) is 0. The molecule has 1 atom stereocenters. The summed E-state index contributed by atoms with van der Waals surface area (Å²) in [7, 11) is 0. The maximum atomic E-state index is 8.99. The van der Waals surface area contributed by atoms with Crippen LogP contribution in [0, 0.1) is 11.3 Å². The molecule has 0 fully saturated rings. The zero-order valence-corrected chi connectivity index (χ0v) is 8.05. The van der Waals surface area contributed by atoms with Gasteiger partial charge in [-0.25, -0.2) is 0 Å². The van der Waals surface area contributed by atoms with Gasteiger partial charge in [0.1, 0.15) is 5.76 Å². The minimum Gasteiger partial charge on any atom is -0.466 e. The van der Waals surface area contributed by atoms with Crippen LogP contribution in [-0.2, 0) is 0 Å². The zero-order chi connectivity index (χ0) is 10.5. The molecule has 0 saturated heterocycles. The summed E-state index contributed by atoms with van der Waals surface area (Å²) in [5.74, 6) is 0.626. The Morgan fingerprint density at radius 1 is 1.13 bits per heavy atom. The van der Waals surface area contributed by atoms with Crippen molar-refractivity contribution in [1.29, 1.82) is 5.26 Å². The molecule has 0 aliphatic carbocycles. The van der Waals surface area contributed by atoms with Crippen molar-refractivity contribution in [2.45, 2.75) is 6.04 Å². The predicted molar refractivity (Wildman–Crippen MR) is 57.1 cm³/mol. The number of nitrogens with one attached hydrogen (secondary N) is 1. The highest BCUT2D eigenvalue weighted by Crippen LogP contribution is 2.18. The number of benzene rings is 1. The molecule has 2 aromatic rings. The highest BCUT2D eigenvalue weighted by Gasteiger charge is 2.12. The Balaban J connectivity index is 2.14. The number of anilines is 1. The van der Waals surface area contributed by atoms with Crippen molar-refractivity contribution in [3.05, 3.63) is 54.5 Å². The van der Waals surface area contributed by atoms with Crippen molar-refractivity contribution in [2.24, 2.45) is 0 Å². The quantitative estimate of drug-likeness (QED) is 0.824. The largest absolute Gasteiger partial charge is 0.466 e. The van der Waals surface area contributed by atoms with Gasteiger partial charge in [-0.15, -0.1) is 0 Å². The van der Waals surface area contributed by atoms with E-state index in [2.05, 4.69) is 11.4 Å². The van der Waals surface area contributed by atoms with Gasteiger partial charge in [0.25, 0.3) is 0 Å². The topological polar surface area (TPSA) is 49.0 Å². The Bertz CT molecular complexity index is 442. The fourth-order valence-corrected chi connectivity index (χ4v) is 1.32. The van der Waals surface area contributed by atoms with Crippen LogP contribution in [0.5, 0.6) is 0 Å². The first-order valence-electron chi connectivity index (χ1n) is 4.65. The van der Waals surface area contributed by atoms with E-state index in [9.17, 15) is 0 Å². The fourth-order valence-electron chi connectivity index (χ4n) is 1.32. The lowest BCUT2D eigenvalue weighted by molar-refractivity contribution is 0.505. The summed E-state index contributed by atoms with van der Waals surface area (Å²) in [6, 6.07) is 14.8. The van der Waals surface area contributed by atoms with Crippen molar-refractivity contribution >= 4 is 5.69 Å². The third kappa shape index (κ3) is 2.18. The molecule has 2 rings (SSSR count). The third-order valence-corrected chi connectivity index (χ3v) is 2.04. The van der Waals surface area contributed by atoms with E-state index >= 15 is 0 Å². The second-order valence-electron chi connectivity index (χ2n) is 3.09. The Kier molecular flexibility index (Phi) is 2.70. The predicted octanol–water partition coefficient (Wildman–Crippen LogP) is 2.96. The van der Waals surface area contributed by atoms with Crippen molar-refractivity contribution in [3.63, 3.8) is 0 Å². The van der Waals surface area contributed by atoms with E-state index < -0.39 is 6.04 Å². The van der Waals surface area contributed by atoms with Crippen LogP contribution in [0.2, 0.25) is 0 Å². The minimum absolute atomic E-state index is 0.442. The van der Waals surface area contributed by atoms with Gasteiger partial charge in [-0.1, -0.05) is 18.2 Å². The van der Waals surface area contributed by atoms with Gasteiger partial charge in [0.2, 0.25) is 0 Å². The average Bonchev–Trinajstić information content (AvgIpc) is 2.81. The number of hydrogen-bond acceptors (Lipinski definition) is 3. The summed E-state index contributed by atoms with van der Waals surface area (Å²) in [5.41, 5.74) is 0.903. The van der Waals surface area contributed by atoms with Crippen molar-refractivity contribution in [3.8, 4) is 6.07 Å². The Hall–Kier alpha value is -2.21. The van der Waals surface area contributed by atoms with E-state index in [-0.39, 0.29) is 0 Å². The molecule has 1 unspecified atom stereocenters. The van der Waals surface area contributed by atoms with Gasteiger partial charge in [-0.2, -0.15) is 5.26 Å². The SMILES string of the molecule is N#CC(Nc1ccccc1)c1ccco1. The molecule has 0 spiro atoms. The summed E-state index contributed by atoms with van der Waals surface area (Å²) < 4.78 is 5.17. The number of rotatable bonds is 3. The van der Waals surface area contributed by atoms with Gasteiger partial charge in [0.15, 0.2) is 6.04 Å². The molecule has 0 radical (unpaired) electrons. The van der Waals surface area contributed by atoms with Crippen LogP contribution < -0.4 is 5.32 Å². The normalized spacial score (nSPS) is 11.7. The Morgan fingerprint density at radius 2 is 1.93 bits per heavy atom. The van der Waals surface area contributed by atoms with E-state index in [0.717, 1.165) is 5.69 Å². The van der Waals surface area contributed by atoms with Crippen LogP contribution in [-0.4, -0.2) is 0 Å². The van der Waals surface area contributed by atoms with Gasteiger partial charge >= 0.3 is 0 Å². The van der Waals surface area contributed by atoms with Gasteiger partial charge in [-0.05, 0) is 24.3 Å². The van der Waals surface area contributed by atoms with Gasteiger partial charge in [0, 0.05) is 5.69 Å². The van der Waals surface area contributed by atoms with Crippen LogP contribution in [0.4, 0.5) is 5.69 Å². The lowest BCUT2D eigenvalue weighted by Crippen LogP contribution is -2.06. The highest BCUT2D eigenvalue weighted by molar-refractivity contribution is 5.45. The van der Waals surface area contributed by atoms with Crippen LogP contribution in [0.1, 0.15) is 11.8 Å². The van der Waals surface area contributed by atoms with E-state index in [1.54, 1.807) is 18.4 Å². The smallest absolute Gasteiger partial charge is 0.173 e. The molecular formula is C12H10N2O. The lowest BCUT2D eigenvalue weighted by atomic mass is 10.2. The van der Waals surface area contributed by atoms with Gasteiger partial charge < -0.3 is 9.73 Å². The van der Waals surface area contributed by atoms with Crippen molar-refractivity contribution in [1.82, 2.24) is 0 Å². The monoisotopic (exact) mass is 198 g/mol. The van der Waals surface area contributed by atoms with Gasteiger partial charge in [0.05, 0.1) is 12.3 Å². The average molecular weight is 198 g/mol. The van der Waals surface area contributed by atoms with Crippen molar-refractivity contribution in [2.75, 3.05) is 5.32 Å². The summed E-state index contributed by atoms with van der Waals surface area (Å²) in [4.78, 5) is 0. The summed E-state index contributed by atoms with van der Waals surface area (Å²) in [5, 5.41) is 12.1. The molecule has 0 aliphatic heterocycles. The van der Waals surface area contributed by atoms with Crippen LogP contribution in [0.3, 0.4) is 0 Å². The van der Waals surface area contributed by atoms with Crippen LogP contribution in [0.25, 0.3) is 0 Å². The molecule has 0 saturated carbocycles. The van der Waals surface area contributed by atoms with E-state index in [1.165, 1.54) is 0 Å². The number of para-hydroxylation sites is 1.